The fourth-order valence-electron chi connectivity index (χ4n) is 2.66. The summed E-state index contributed by atoms with van der Waals surface area (Å²) in [5, 5.41) is 6.64. The zero-order valence-electron chi connectivity index (χ0n) is 14.6. The van der Waals surface area contributed by atoms with Crippen LogP contribution in [0.25, 0.3) is 5.78 Å². The van der Waals surface area contributed by atoms with Gasteiger partial charge in [0.1, 0.15) is 11.6 Å². The number of rotatable bonds is 5. The van der Waals surface area contributed by atoms with Gasteiger partial charge in [-0.3, -0.25) is 0 Å². The Balaban J connectivity index is 1.83. The Labute approximate surface area is 148 Å². The van der Waals surface area contributed by atoms with Crippen molar-refractivity contribution in [3.63, 3.8) is 0 Å². The minimum Gasteiger partial charge on any atom is -0.496 e. The molecular weight excluding hydrogens is 347 g/mol. The first kappa shape index (κ1) is 18.0. The smallest absolute Gasteiger partial charge is 0.453 e. The van der Waals surface area contributed by atoms with Gasteiger partial charge < -0.3 is 10.1 Å². The summed E-state index contributed by atoms with van der Waals surface area (Å²) < 4.78 is 45.0. The van der Waals surface area contributed by atoms with E-state index >= 15 is 0 Å². The molecule has 0 bridgehead atoms. The highest BCUT2D eigenvalue weighted by Gasteiger charge is 2.36. The van der Waals surface area contributed by atoms with Gasteiger partial charge in [0.15, 0.2) is 0 Å². The number of alkyl halides is 3. The van der Waals surface area contributed by atoms with Crippen molar-refractivity contribution in [1.29, 1.82) is 0 Å². The van der Waals surface area contributed by atoms with Crippen LogP contribution in [0.1, 0.15) is 22.6 Å². The van der Waals surface area contributed by atoms with Crippen LogP contribution in [-0.4, -0.2) is 33.2 Å². The van der Waals surface area contributed by atoms with E-state index < -0.39 is 12.0 Å². The van der Waals surface area contributed by atoms with Gasteiger partial charge in [-0.1, -0.05) is 17.7 Å². The van der Waals surface area contributed by atoms with E-state index in [1.54, 1.807) is 20.1 Å². The van der Waals surface area contributed by atoms with Crippen LogP contribution in [0.5, 0.6) is 5.75 Å². The molecule has 0 unspecified atom stereocenters. The molecule has 2 heterocycles. The van der Waals surface area contributed by atoms with Crippen molar-refractivity contribution in [1.82, 2.24) is 19.6 Å². The summed E-state index contributed by atoms with van der Waals surface area (Å²) >= 11 is 0. The highest BCUT2D eigenvalue weighted by Crippen LogP contribution is 2.27. The van der Waals surface area contributed by atoms with Crippen molar-refractivity contribution in [3.8, 4) is 5.75 Å². The number of methoxy groups -OCH3 is 1. The molecule has 0 saturated carbocycles. The van der Waals surface area contributed by atoms with E-state index in [-0.39, 0.29) is 5.78 Å². The van der Waals surface area contributed by atoms with Gasteiger partial charge in [0.2, 0.25) is 0 Å². The third kappa shape index (κ3) is 3.71. The van der Waals surface area contributed by atoms with Gasteiger partial charge in [-0.25, -0.2) is 4.98 Å². The SMILES string of the molecule is COc1ccc(C)cc1CCNc1cc(C)nc2nc(C(F)(F)F)nn12. The lowest BCUT2D eigenvalue weighted by molar-refractivity contribution is -0.144. The zero-order valence-corrected chi connectivity index (χ0v) is 14.6. The van der Waals surface area contributed by atoms with Crippen LogP contribution in [0.3, 0.4) is 0 Å². The molecule has 9 heteroatoms. The van der Waals surface area contributed by atoms with Gasteiger partial charge in [-0.15, -0.1) is 5.10 Å². The minimum absolute atomic E-state index is 0.0899. The van der Waals surface area contributed by atoms with E-state index in [1.165, 1.54) is 0 Å². The second kappa shape index (κ2) is 6.81. The van der Waals surface area contributed by atoms with Gasteiger partial charge in [0.25, 0.3) is 11.6 Å². The zero-order chi connectivity index (χ0) is 18.9. The van der Waals surface area contributed by atoms with Crippen molar-refractivity contribution < 1.29 is 17.9 Å². The topological polar surface area (TPSA) is 64.3 Å². The fourth-order valence-corrected chi connectivity index (χ4v) is 2.66. The molecule has 138 valence electrons. The number of benzene rings is 1. The van der Waals surface area contributed by atoms with E-state index in [4.69, 9.17) is 4.74 Å². The third-order valence-corrected chi connectivity index (χ3v) is 3.83. The summed E-state index contributed by atoms with van der Waals surface area (Å²) in [6.07, 6.45) is -3.98. The van der Waals surface area contributed by atoms with Crippen LogP contribution >= 0.6 is 0 Å². The molecule has 3 rings (SSSR count). The number of nitrogens with zero attached hydrogens (tertiary/aromatic N) is 4. The first-order chi connectivity index (χ1) is 12.3. The summed E-state index contributed by atoms with van der Waals surface area (Å²) in [7, 11) is 1.60. The van der Waals surface area contributed by atoms with Crippen molar-refractivity contribution >= 4 is 11.6 Å². The highest BCUT2D eigenvalue weighted by molar-refractivity contribution is 5.46. The predicted octanol–water partition coefficient (Wildman–Crippen LogP) is 3.42. The Morgan fingerprint density at radius 1 is 1.15 bits per heavy atom. The Bertz CT molecular complexity index is 936. The molecule has 0 amide bonds. The maximum absolute atomic E-state index is 12.9. The van der Waals surface area contributed by atoms with Crippen LogP contribution < -0.4 is 10.1 Å². The molecule has 0 fully saturated rings. The van der Waals surface area contributed by atoms with Gasteiger partial charge in [0, 0.05) is 18.3 Å². The van der Waals surface area contributed by atoms with Crippen LogP contribution in [0.15, 0.2) is 24.3 Å². The molecule has 0 spiro atoms. The fraction of sp³-hybridized carbons (Fsp3) is 0.353. The second-order valence-electron chi connectivity index (χ2n) is 5.92. The lowest BCUT2D eigenvalue weighted by Gasteiger charge is -2.11. The first-order valence-electron chi connectivity index (χ1n) is 7.97. The number of aryl methyl sites for hydroxylation is 2. The van der Waals surface area contributed by atoms with Crippen molar-refractivity contribution in [2.75, 3.05) is 19.0 Å². The Morgan fingerprint density at radius 2 is 1.92 bits per heavy atom. The third-order valence-electron chi connectivity index (χ3n) is 3.83. The largest absolute Gasteiger partial charge is 0.496 e. The summed E-state index contributed by atoms with van der Waals surface area (Å²) in [6.45, 7) is 4.16. The number of hydrogen-bond donors (Lipinski definition) is 1. The van der Waals surface area contributed by atoms with Gasteiger partial charge in [0.05, 0.1) is 7.11 Å². The first-order valence-corrected chi connectivity index (χ1v) is 7.97. The van der Waals surface area contributed by atoms with Crippen LogP contribution in [-0.2, 0) is 12.6 Å². The lowest BCUT2D eigenvalue weighted by atomic mass is 10.1. The van der Waals surface area contributed by atoms with Crippen LogP contribution in [0, 0.1) is 13.8 Å². The monoisotopic (exact) mass is 365 g/mol. The molecule has 0 aliphatic carbocycles. The van der Waals surface area contributed by atoms with Crippen molar-refractivity contribution in [2.24, 2.45) is 0 Å². The van der Waals surface area contributed by atoms with E-state index in [2.05, 4.69) is 20.4 Å². The number of ether oxygens (including phenoxy) is 1. The predicted molar refractivity (Wildman–Crippen MR) is 90.4 cm³/mol. The Morgan fingerprint density at radius 3 is 2.62 bits per heavy atom. The second-order valence-corrected chi connectivity index (χ2v) is 5.92. The maximum atomic E-state index is 12.9. The molecule has 0 radical (unpaired) electrons. The molecule has 1 aromatic carbocycles. The molecule has 0 aliphatic heterocycles. The maximum Gasteiger partial charge on any atom is 0.453 e. The van der Waals surface area contributed by atoms with Gasteiger partial charge in [-0.05, 0) is 31.9 Å². The molecule has 0 saturated heterocycles. The Kier molecular flexibility index (Phi) is 4.71. The highest BCUT2D eigenvalue weighted by atomic mass is 19.4. The molecule has 2 aromatic heterocycles. The number of anilines is 1. The number of fused-ring (bicyclic) bond motifs is 1. The average molecular weight is 365 g/mol. The van der Waals surface area contributed by atoms with Crippen LogP contribution in [0.4, 0.5) is 19.0 Å². The molecule has 3 aromatic rings. The minimum atomic E-state index is -4.62. The average Bonchev–Trinajstić information content (AvgIpc) is 2.99. The van der Waals surface area contributed by atoms with Crippen molar-refractivity contribution in [2.45, 2.75) is 26.4 Å². The van der Waals surface area contributed by atoms with E-state index in [0.717, 1.165) is 21.4 Å². The number of aromatic nitrogens is 4. The molecular formula is C17H18F3N5O. The quantitative estimate of drug-likeness (QED) is 0.751. The molecule has 0 aliphatic rings. The molecule has 6 nitrogen and oxygen atoms in total. The van der Waals surface area contributed by atoms with Crippen molar-refractivity contribution in [3.05, 3.63) is 46.9 Å². The molecule has 26 heavy (non-hydrogen) atoms. The number of halogens is 3. The van der Waals surface area contributed by atoms with Gasteiger partial charge in [-0.2, -0.15) is 22.7 Å². The van der Waals surface area contributed by atoms with E-state index in [0.29, 0.717) is 24.5 Å². The van der Waals surface area contributed by atoms with E-state index in [1.807, 2.05) is 25.1 Å². The Hall–Kier alpha value is -2.84. The summed E-state index contributed by atoms with van der Waals surface area (Å²) in [5.41, 5.74) is 2.67. The summed E-state index contributed by atoms with van der Waals surface area (Å²) in [6, 6.07) is 7.51. The molecule has 1 N–H and O–H groups in total. The van der Waals surface area contributed by atoms with E-state index in [9.17, 15) is 13.2 Å². The number of hydrogen-bond acceptors (Lipinski definition) is 5. The summed E-state index contributed by atoms with van der Waals surface area (Å²) in [5.74, 6) is -0.123. The standard InChI is InChI=1S/C17H18F3N5O/c1-10-4-5-13(26-3)12(8-10)6-7-21-14-9-11(2)22-16-23-15(17(18,19)20)24-25(14)16/h4-5,8-9,21H,6-7H2,1-3H3. The van der Waals surface area contributed by atoms with Gasteiger partial charge >= 0.3 is 6.18 Å². The normalized spacial score (nSPS) is 11.8. The molecule has 0 atom stereocenters. The number of nitrogens with one attached hydrogen (secondary N) is 1. The van der Waals surface area contributed by atoms with Crippen LogP contribution in [0.2, 0.25) is 0 Å². The summed E-state index contributed by atoms with van der Waals surface area (Å²) in [4.78, 5) is 7.47. The lowest BCUT2D eigenvalue weighted by Crippen LogP contribution is -2.11.